The Morgan fingerprint density at radius 2 is 1.81 bits per heavy atom. The van der Waals surface area contributed by atoms with Crippen molar-refractivity contribution in [1.29, 1.82) is 0 Å². The number of hydrogen-bond acceptors (Lipinski definition) is 2. The molecule has 108 valence electrons. The van der Waals surface area contributed by atoms with Crippen LogP contribution in [0.1, 0.15) is 40.1 Å². The number of piperidine rings is 1. The molecule has 0 aliphatic carbocycles. The lowest BCUT2D eigenvalue weighted by Gasteiger charge is -2.26. The molecule has 1 saturated heterocycles. The summed E-state index contributed by atoms with van der Waals surface area (Å²) in [6.07, 6.45) is 5.72. The maximum Gasteiger partial charge on any atom is 0.256 e. The molecule has 0 radical (unpaired) electrons. The van der Waals surface area contributed by atoms with Crippen molar-refractivity contribution in [2.24, 2.45) is 0 Å². The molecule has 0 bridgehead atoms. The molecule has 1 fully saturated rings. The molecule has 0 saturated carbocycles. The third-order valence-electron chi connectivity index (χ3n) is 3.96. The SMILES string of the molecule is O=Cc1[nH]cc(C(=O)N2CCCCC2)c1-c1ccccc1. The highest BCUT2D eigenvalue weighted by Crippen LogP contribution is 2.28. The standard InChI is InChI=1S/C17H18N2O2/c20-12-15-16(13-7-3-1-4-8-13)14(11-18-15)17(21)19-9-5-2-6-10-19/h1,3-4,7-8,11-12,18H,2,5-6,9-10H2. The van der Waals surface area contributed by atoms with Crippen LogP contribution >= 0.6 is 0 Å². The van der Waals surface area contributed by atoms with Gasteiger partial charge in [0.1, 0.15) is 0 Å². The van der Waals surface area contributed by atoms with Crippen LogP contribution < -0.4 is 0 Å². The summed E-state index contributed by atoms with van der Waals surface area (Å²) in [4.78, 5) is 28.8. The summed E-state index contributed by atoms with van der Waals surface area (Å²) in [5.74, 6) is 0.0119. The number of carbonyl (C=O) groups is 2. The molecule has 1 aromatic heterocycles. The number of carbonyl (C=O) groups excluding carboxylic acids is 2. The van der Waals surface area contributed by atoms with Crippen LogP contribution in [-0.4, -0.2) is 35.2 Å². The van der Waals surface area contributed by atoms with Crippen LogP contribution in [0.3, 0.4) is 0 Å². The molecule has 3 rings (SSSR count). The number of nitrogens with zero attached hydrogens (tertiary/aromatic N) is 1. The van der Waals surface area contributed by atoms with E-state index in [4.69, 9.17) is 0 Å². The molecule has 0 atom stereocenters. The van der Waals surface area contributed by atoms with Crippen molar-refractivity contribution >= 4 is 12.2 Å². The zero-order valence-electron chi connectivity index (χ0n) is 11.8. The highest BCUT2D eigenvalue weighted by atomic mass is 16.2. The molecule has 1 aliphatic rings. The molecule has 1 amide bonds. The van der Waals surface area contributed by atoms with E-state index >= 15 is 0 Å². The van der Waals surface area contributed by atoms with Crippen LogP contribution in [-0.2, 0) is 0 Å². The van der Waals surface area contributed by atoms with E-state index in [0.717, 1.165) is 37.8 Å². The molecule has 0 spiro atoms. The van der Waals surface area contributed by atoms with Crippen LogP contribution in [0.2, 0.25) is 0 Å². The van der Waals surface area contributed by atoms with Gasteiger partial charge in [0.25, 0.3) is 5.91 Å². The summed E-state index contributed by atoms with van der Waals surface area (Å²) < 4.78 is 0. The second kappa shape index (κ2) is 5.95. The Morgan fingerprint density at radius 3 is 2.48 bits per heavy atom. The van der Waals surface area contributed by atoms with Crippen molar-refractivity contribution < 1.29 is 9.59 Å². The largest absolute Gasteiger partial charge is 0.358 e. The topological polar surface area (TPSA) is 53.2 Å². The fourth-order valence-electron chi connectivity index (χ4n) is 2.88. The lowest BCUT2D eigenvalue weighted by atomic mass is 10.0. The zero-order chi connectivity index (χ0) is 14.7. The van der Waals surface area contributed by atoms with Gasteiger partial charge in [0.15, 0.2) is 6.29 Å². The molecule has 4 heteroatoms. The van der Waals surface area contributed by atoms with Crippen molar-refractivity contribution in [3.05, 3.63) is 47.8 Å². The quantitative estimate of drug-likeness (QED) is 0.879. The van der Waals surface area contributed by atoms with E-state index in [-0.39, 0.29) is 5.91 Å². The van der Waals surface area contributed by atoms with Crippen molar-refractivity contribution in [3.8, 4) is 11.1 Å². The summed E-state index contributed by atoms with van der Waals surface area (Å²) in [7, 11) is 0. The molecule has 0 unspecified atom stereocenters. The first-order chi connectivity index (χ1) is 10.3. The number of hydrogen-bond donors (Lipinski definition) is 1. The van der Waals surface area contributed by atoms with E-state index in [2.05, 4.69) is 4.98 Å². The molecule has 21 heavy (non-hydrogen) atoms. The van der Waals surface area contributed by atoms with Gasteiger partial charge in [-0.3, -0.25) is 9.59 Å². The Morgan fingerprint density at radius 1 is 1.10 bits per heavy atom. The van der Waals surface area contributed by atoms with Gasteiger partial charge in [-0.2, -0.15) is 0 Å². The lowest BCUT2D eigenvalue weighted by Crippen LogP contribution is -2.35. The van der Waals surface area contributed by atoms with Gasteiger partial charge in [-0.05, 0) is 24.8 Å². The number of benzene rings is 1. The van der Waals surface area contributed by atoms with Crippen LogP contribution in [0.15, 0.2) is 36.5 Å². The second-order valence-corrected chi connectivity index (χ2v) is 5.33. The fraction of sp³-hybridized carbons (Fsp3) is 0.294. The Hall–Kier alpha value is -2.36. The number of H-pyrrole nitrogens is 1. The summed E-state index contributed by atoms with van der Waals surface area (Å²) >= 11 is 0. The Balaban J connectivity index is 2.01. The van der Waals surface area contributed by atoms with Gasteiger partial charge in [0.2, 0.25) is 0 Å². The normalized spacial score (nSPS) is 15.0. The first-order valence-electron chi connectivity index (χ1n) is 7.32. The van der Waals surface area contributed by atoms with E-state index in [1.807, 2.05) is 35.2 Å². The van der Waals surface area contributed by atoms with E-state index in [1.165, 1.54) is 6.42 Å². The van der Waals surface area contributed by atoms with Gasteiger partial charge >= 0.3 is 0 Å². The predicted molar refractivity (Wildman–Crippen MR) is 81.4 cm³/mol. The average molecular weight is 282 g/mol. The third-order valence-corrected chi connectivity index (χ3v) is 3.96. The zero-order valence-corrected chi connectivity index (χ0v) is 11.8. The maximum atomic E-state index is 12.7. The predicted octanol–water partition coefficient (Wildman–Crippen LogP) is 3.12. The van der Waals surface area contributed by atoms with Crippen molar-refractivity contribution in [2.45, 2.75) is 19.3 Å². The second-order valence-electron chi connectivity index (χ2n) is 5.33. The third kappa shape index (κ3) is 2.61. The number of rotatable bonds is 3. The minimum atomic E-state index is 0.0119. The molecule has 4 nitrogen and oxygen atoms in total. The lowest BCUT2D eigenvalue weighted by molar-refractivity contribution is 0.0725. The van der Waals surface area contributed by atoms with E-state index in [0.29, 0.717) is 16.8 Å². The number of aromatic nitrogens is 1. The molecule has 1 aliphatic heterocycles. The van der Waals surface area contributed by atoms with E-state index in [1.54, 1.807) is 6.20 Å². The van der Waals surface area contributed by atoms with Gasteiger partial charge < -0.3 is 9.88 Å². The maximum absolute atomic E-state index is 12.7. The van der Waals surface area contributed by atoms with Crippen LogP contribution in [0.25, 0.3) is 11.1 Å². The molecule has 1 aromatic carbocycles. The van der Waals surface area contributed by atoms with Gasteiger partial charge in [0.05, 0.1) is 11.3 Å². The fourth-order valence-corrected chi connectivity index (χ4v) is 2.88. The average Bonchev–Trinajstić information content (AvgIpc) is 2.99. The number of aldehydes is 1. The smallest absolute Gasteiger partial charge is 0.256 e. The first kappa shape index (κ1) is 13.6. The Kier molecular flexibility index (Phi) is 3.86. The number of aromatic amines is 1. The van der Waals surface area contributed by atoms with Gasteiger partial charge in [-0.1, -0.05) is 30.3 Å². The highest BCUT2D eigenvalue weighted by molar-refractivity contribution is 6.04. The van der Waals surface area contributed by atoms with Crippen molar-refractivity contribution in [1.82, 2.24) is 9.88 Å². The minimum Gasteiger partial charge on any atom is -0.358 e. The molecular formula is C17H18N2O2. The summed E-state index contributed by atoms with van der Waals surface area (Å²) in [5.41, 5.74) is 2.65. The van der Waals surface area contributed by atoms with E-state index in [9.17, 15) is 9.59 Å². The summed E-state index contributed by atoms with van der Waals surface area (Å²) in [6, 6.07) is 9.58. The minimum absolute atomic E-state index is 0.0119. The first-order valence-corrected chi connectivity index (χ1v) is 7.32. The van der Waals surface area contributed by atoms with Crippen molar-refractivity contribution in [2.75, 3.05) is 13.1 Å². The van der Waals surface area contributed by atoms with Crippen LogP contribution in [0.4, 0.5) is 0 Å². The monoisotopic (exact) mass is 282 g/mol. The number of amides is 1. The van der Waals surface area contributed by atoms with Gasteiger partial charge in [-0.25, -0.2) is 0 Å². The number of likely N-dealkylation sites (tertiary alicyclic amines) is 1. The van der Waals surface area contributed by atoms with Gasteiger partial charge in [-0.15, -0.1) is 0 Å². The van der Waals surface area contributed by atoms with Crippen LogP contribution in [0, 0.1) is 0 Å². The molecule has 2 aromatic rings. The van der Waals surface area contributed by atoms with E-state index < -0.39 is 0 Å². The summed E-state index contributed by atoms with van der Waals surface area (Å²) in [6.45, 7) is 1.60. The van der Waals surface area contributed by atoms with Crippen molar-refractivity contribution in [3.63, 3.8) is 0 Å². The Labute approximate surface area is 123 Å². The highest BCUT2D eigenvalue weighted by Gasteiger charge is 2.24. The molecular weight excluding hydrogens is 264 g/mol. The number of nitrogens with one attached hydrogen (secondary N) is 1. The van der Waals surface area contributed by atoms with Gasteiger partial charge in [0, 0.05) is 24.8 Å². The summed E-state index contributed by atoms with van der Waals surface area (Å²) in [5, 5.41) is 0. The molecule has 2 heterocycles. The Bertz CT molecular complexity index is 640. The van der Waals surface area contributed by atoms with Crippen LogP contribution in [0.5, 0.6) is 0 Å². The molecule has 1 N–H and O–H groups in total.